The first-order valence-electron chi connectivity index (χ1n) is 16.5. The summed E-state index contributed by atoms with van der Waals surface area (Å²) >= 11 is 5.98. The van der Waals surface area contributed by atoms with Gasteiger partial charge in [0.1, 0.15) is 6.04 Å². The Bertz CT molecular complexity index is 1840. The first-order valence-corrected chi connectivity index (χ1v) is 16.9. The maximum Gasteiger partial charge on any atom is 0.335 e. The Kier molecular flexibility index (Phi) is 8.98. The lowest BCUT2D eigenvalue weighted by atomic mass is 9.88. The lowest BCUT2D eigenvalue weighted by molar-refractivity contribution is -0.148. The van der Waals surface area contributed by atoms with Crippen LogP contribution < -0.4 is 10.2 Å². The Labute approximate surface area is 287 Å². The van der Waals surface area contributed by atoms with E-state index in [0.717, 1.165) is 50.1 Å². The molecule has 0 bridgehead atoms. The van der Waals surface area contributed by atoms with Gasteiger partial charge in [-0.1, -0.05) is 35.0 Å². The van der Waals surface area contributed by atoms with Crippen molar-refractivity contribution < 1.29 is 33.5 Å². The van der Waals surface area contributed by atoms with E-state index in [1.54, 1.807) is 6.07 Å². The van der Waals surface area contributed by atoms with Crippen LogP contribution in [0.15, 0.2) is 65.8 Å². The van der Waals surface area contributed by atoms with E-state index in [4.69, 9.17) is 16.4 Å². The van der Waals surface area contributed by atoms with Gasteiger partial charge in [-0.25, -0.2) is 9.18 Å². The number of rotatable bonds is 7. The second-order valence-corrected chi connectivity index (χ2v) is 13.2. The maximum atomic E-state index is 14.8. The molecule has 0 aliphatic carbocycles. The molecule has 2 saturated heterocycles. The van der Waals surface area contributed by atoms with Crippen LogP contribution in [0.25, 0.3) is 0 Å². The number of nitrogens with one attached hydrogen (secondary N) is 1. The van der Waals surface area contributed by atoms with Crippen molar-refractivity contribution in [1.29, 1.82) is 0 Å². The van der Waals surface area contributed by atoms with E-state index in [-0.39, 0.29) is 46.8 Å². The minimum atomic E-state index is -1.09. The quantitative estimate of drug-likeness (QED) is 0.356. The maximum absolute atomic E-state index is 14.8. The molecule has 1 unspecified atom stereocenters. The summed E-state index contributed by atoms with van der Waals surface area (Å²) in [6.45, 7) is 2.56. The monoisotopic (exact) mass is 687 g/mol. The van der Waals surface area contributed by atoms with Crippen LogP contribution in [-0.2, 0) is 25.6 Å². The molecule has 3 aromatic carbocycles. The summed E-state index contributed by atoms with van der Waals surface area (Å²) in [6, 6.07) is 15.3. The minimum absolute atomic E-state index is 0.00104. The van der Waals surface area contributed by atoms with Gasteiger partial charge in [0.05, 0.1) is 16.3 Å². The smallest absolute Gasteiger partial charge is 0.335 e. The predicted octanol–water partition coefficient (Wildman–Crippen LogP) is 5.03. The third-order valence-corrected chi connectivity index (χ3v) is 10.2. The molecule has 3 aromatic rings. The Morgan fingerprint density at radius 2 is 1.71 bits per heavy atom. The Morgan fingerprint density at radius 1 is 0.959 bits per heavy atom. The number of carboxylic acids is 1. The van der Waals surface area contributed by atoms with E-state index in [1.165, 1.54) is 41.3 Å². The highest BCUT2D eigenvalue weighted by Crippen LogP contribution is 2.39. The SMILES string of the molecule is O=C(O)c1ccc(NC(=O)[C@@H]2c3cccc(N4CCC(N5CCCC5=O)CC4)c3CCN2C(=O)C2CC(c3cccc(Cl)c3F)=NO2)cc1. The van der Waals surface area contributed by atoms with Crippen molar-refractivity contribution in [2.45, 2.75) is 56.7 Å². The molecule has 7 rings (SSSR count). The van der Waals surface area contributed by atoms with Gasteiger partial charge in [-0.05, 0) is 79.3 Å². The topological polar surface area (TPSA) is 132 Å². The summed E-state index contributed by atoms with van der Waals surface area (Å²) in [5.41, 5.74) is 3.49. The molecular weight excluding hydrogens is 653 g/mol. The second-order valence-electron chi connectivity index (χ2n) is 12.7. The molecule has 0 aromatic heterocycles. The number of carboxylic acid groups (broad SMARTS) is 1. The van der Waals surface area contributed by atoms with Gasteiger partial charge < -0.3 is 30.0 Å². The number of likely N-dealkylation sites (tertiary alicyclic amines) is 1. The summed E-state index contributed by atoms with van der Waals surface area (Å²) in [6.07, 6.45) is 2.64. The Balaban J connectivity index is 1.15. The zero-order valence-electron chi connectivity index (χ0n) is 26.6. The molecule has 49 heavy (non-hydrogen) atoms. The first-order chi connectivity index (χ1) is 23.7. The van der Waals surface area contributed by atoms with Crippen molar-refractivity contribution in [3.8, 4) is 0 Å². The predicted molar refractivity (Wildman–Crippen MR) is 180 cm³/mol. The number of nitrogens with zero attached hydrogens (tertiary/aromatic N) is 4. The zero-order valence-corrected chi connectivity index (χ0v) is 27.4. The highest BCUT2D eigenvalue weighted by Gasteiger charge is 2.43. The number of hydrogen-bond acceptors (Lipinski definition) is 7. The van der Waals surface area contributed by atoms with Crippen LogP contribution in [0.5, 0.6) is 0 Å². The number of benzene rings is 3. The molecule has 13 heteroatoms. The van der Waals surface area contributed by atoms with Crippen LogP contribution in [0.2, 0.25) is 5.02 Å². The van der Waals surface area contributed by atoms with Gasteiger partial charge in [0.25, 0.3) is 11.8 Å². The standard InChI is InChI=1S/C36H35ClFN5O6/c37-27-6-1-5-26(32(27)38)28-20-30(49-40-28)35(46)43-19-15-24-25(33(43)34(45)39-22-11-9-21(10-12-22)36(47)48)4-2-7-29(24)41-17-13-23(14-18-41)42-16-3-8-31(42)44/h1-2,4-7,9-12,23,30,33H,3,8,13-20H2,(H,39,45)(H,47,48)/t30?,33-/m0/s1. The molecule has 4 heterocycles. The molecular formula is C36H35ClFN5O6. The molecule has 3 amide bonds. The van der Waals surface area contributed by atoms with Crippen LogP contribution >= 0.6 is 11.6 Å². The van der Waals surface area contributed by atoms with Crippen molar-refractivity contribution in [2.24, 2.45) is 5.16 Å². The van der Waals surface area contributed by atoms with Crippen molar-refractivity contribution >= 4 is 52.4 Å². The van der Waals surface area contributed by atoms with Crippen molar-refractivity contribution in [1.82, 2.24) is 9.80 Å². The molecule has 254 valence electrons. The van der Waals surface area contributed by atoms with Crippen LogP contribution in [0.1, 0.15) is 65.2 Å². The third-order valence-electron chi connectivity index (χ3n) is 9.89. The fourth-order valence-electron chi connectivity index (χ4n) is 7.43. The van der Waals surface area contributed by atoms with E-state index in [9.17, 15) is 28.7 Å². The molecule has 2 N–H and O–H groups in total. The van der Waals surface area contributed by atoms with Gasteiger partial charge in [0.2, 0.25) is 12.0 Å². The summed E-state index contributed by atoms with van der Waals surface area (Å²) < 4.78 is 14.8. The highest BCUT2D eigenvalue weighted by molar-refractivity contribution is 6.31. The first kappa shape index (κ1) is 32.6. The number of carbonyl (C=O) groups is 4. The Morgan fingerprint density at radius 3 is 2.43 bits per heavy atom. The molecule has 4 aliphatic heterocycles. The number of fused-ring (bicyclic) bond motifs is 1. The average Bonchev–Trinajstić information content (AvgIpc) is 3.78. The number of aromatic carboxylic acids is 1. The fourth-order valence-corrected chi connectivity index (χ4v) is 7.60. The van der Waals surface area contributed by atoms with Crippen molar-refractivity contribution in [3.05, 3.63) is 93.8 Å². The van der Waals surface area contributed by atoms with E-state index in [0.29, 0.717) is 24.1 Å². The molecule has 0 spiro atoms. The summed E-state index contributed by atoms with van der Waals surface area (Å²) in [5.74, 6) is -2.44. The molecule has 0 radical (unpaired) electrons. The molecule has 2 fully saturated rings. The van der Waals surface area contributed by atoms with Gasteiger partial charge in [0, 0.05) is 62.0 Å². The minimum Gasteiger partial charge on any atom is -0.478 e. The number of hydrogen-bond donors (Lipinski definition) is 2. The molecule has 4 aliphatic rings. The summed E-state index contributed by atoms with van der Waals surface area (Å²) in [7, 11) is 0. The molecule has 0 saturated carbocycles. The number of carbonyl (C=O) groups excluding carboxylic acids is 3. The van der Waals surface area contributed by atoms with Gasteiger partial charge in [-0.3, -0.25) is 14.4 Å². The van der Waals surface area contributed by atoms with Crippen LogP contribution in [0, 0.1) is 5.82 Å². The molecule has 2 atom stereocenters. The number of piperidine rings is 1. The number of amides is 3. The fraction of sp³-hybridized carbons (Fsp3) is 0.361. The van der Waals surface area contributed by atoms with Crippen LogP contribution in [0.4, 0.5) is 15.8 Å². The van der Waals surface area contributed by atoms with Crippen molar-refractivity contribution in [3.63, 3.8) is 0 Å². The lowest BCUT2D eigenvalue weighted by Crippen LogP contribution is -2.50. The van der Waals surface area contributed by atoms with E-state index in [1.807, 2.05) is 23.1 Å². The summed E-state index contributed by atoms with van der Waals surface area (Å²) in [4.78, 5) is 63.4. The van der Waals surface area contributed by atoms with Gasteiger partial charge in [0.15, 0.2) is 5.82 Å². The van der Waals surface area contributed by atoms with Crippen LogP contribution in [0.3, 0.4) is 0 Å². The number of oxime groups is 1. The van der Waals surface area contributed by atoms with Crippen molar-refractivity contribution in [2.75, 3.05) is 36.4 Å². The van der Waals surface area contributed by atoms with Gasteiger partial charge in [-0.15, -0.1) is 0 Å². The normalized spacial score (nSPS) is 20.9. The van der Waals surface area contributed by atoms with Gasteiger partial charge in [-0.2, -0.15) is 0 Å². The largest absolute Gasteiger partial charge is 0.478 e. The number of halogens is 2. The van der Waals surface area contributed by atoms with E-state index >= 15 is 0 Å². The van der Waals surface area contributed by atoms with E-state index < -0.39 is 35.7 Å². The highest BCUT2D eigenvalue weighted by atomic mass is 35.5. The number of anilines is 2. The zero-order chi connectivity index (χ0) is 34.2. The van der Waals surface area contributed by atoms with Gasteiger partial charge >= 0.3 is 5.97 Å². The third kappa shape index (κ3) is 6.32. The molecule has 11 nitrogen and oxygen atoms in total. The second kappa shape index (κ2) is 13.5. The van der Waals surface area contributed by atoms with Crippen LogP contribution in [-0.4, -0.2) is 82.6 Å². The van der Waals surface area contributed by atoms with E-state index in [2.05, 4.69) is 15.4 Å². The lowest BCUT2D eigenvalue weighted by Gasteiger charge is -2.41. The Hall–Kier alpha value is -4.97. The average molecular weight is 688 g/mol. The summed E-state index contributed by atoms with van der Waals surface area (Å²) in [5, 5.41) is 16.1.